The average molecular weight is 428 g/mol. The molecule has 2 aromatic heterocycles. The molecule has 0 spiro atoms. The number of aromatic nitrogens is 2. The number of aryl methyl sites for hydroxylation is 3. The van der Waals surface area contributed by atoms with Gasteiger partial charge < -0.3 is 4.42 Å². The smallest absolute Gasteiger partial charge is 0.242 e. The van der Waals surface area contributed by atoms with E-state index >= 15 is 0 Å². The summed E-state index contributed by atoms with van der Waals surface area (Å²) in [5, 5.41) is 4.94. The van der Waals surface area contributed by atoms with E-state index in [-0.39, 0.29) is 16.5 Å². The van der Waals surface area contributed by atoms with Crippen LogP contribution in [0, 0.1) is 20.8 Å². The van der Waals surface area contributed by atoms with E-state index in [1.54, 1.807) is 30.0 Å². The molecule has 1 atom stereocenters. The Morgan fingerprint density at radius 1 is 1.19 bits per heavy atom. The molecule has 0 amide bonds. The number of halogens is 2. The van der Waals surface area contributed by atoms with Crippen LogP contribution in [0.15, 0.2) is 45.9 Å². The number of hydrogen-bond donors (Lipinski definition) is 1. The van der Waals surface area contributed by atoms with Crippen molar-refractivity contribution in [1.29, 1.82) is 0 Å². The molecule has 2 heterocycles. The van der Waals surface area contributed by atoms with Crippen molar-refractivity contribution in [3.8, 4) is 0 Å². The van der Waals surface area contributed by atoms with Gasteiger partial charge in [0.1, 0.15) is 16.7 Å². The zero-order chi connectivity index (χ0) is 19.8. The van der Waals surface area contributed by atoms with Crippen LogP contribution >= 0.6 is 23.2 Å². The molecule has 0 fully saturated rings. The quantitative estimate of drug-likeness (QED) is 0.636. The molecule has 0 aliphatic heterocycles. The first-order valence-electron chi connectivity index (χ1n) is 8.20. The van der Waals surface area contributed by atoms with Crippen LogP contribution in [-0.4, -0.2) is 24.7 Å². The second-order valence-electron chi connectivity index (χ2n) is 6.29. The Kier molecular flexibility index (Phi) is 5.67. The molecule has 3 rings (SSSR count). The van der Waals surface area contributed by atoms with Crippen molar-refractivity contribution in [2.75, 3.05) is 6.54 Å². The van der Waals surface area contributed by atoms with Crippen molar-refractivity contribution < 1.29 is 12.8 Å². The summed E-state index contributed by atoms with van der Waals surface area (Å²) in [6.07, 6.45) is 1.54. The van der Waals surface area contributed by atoms with E-state index in [2.05, 4.69) is 9.82 Å². The fourth-order valence-electron chi connectivity index (χ4n) is 2.85. The molecular formula is C18H19Cl2N3O3S. The fourth-order valence-corrected chi connectivity index (χ4v) is 4.72. The van der Waals surface area contributed by atoms with E-state index in [1.165, 1.54) is 12.1 Å². The normalized spacial score (nSPS) is 13.1. The lowest BCUT2D eigenvalue weighted by molar-refractivity contribution is 0.397. The zero-order valence-electron chi connectivity index (χ0n) is 15.0. The molecule has 0 radical (unpaired) electrons. The monoisotopic (exact) mass is 427 g/mol. The van der Waals surface area contributed by atoms with Crippen LogP contribution in [0.5, 0.6) is 0 Å². The van der Waals surface area contributed by atoms with Crippen molar-refractivity contribution in [3.63, 3.8) is 0 Å². The number of nitrogens with zero attached hydrogens (tertiary/aromatic N) is 2. The minimum Gasteiger partial charge on any atom is -0.467 e. The van der Waals surface area contributed by atoms with Crippen molar-refractivity contribution in [3.05, 3.63) is 69.4 Å². The lowest BCUT2D eigenvalue weighted by Crippen LogP contribution is -2.32. The summed E-state index contributed by atoms with van der Waals surface area (Å²) < 4.78 is 35.5. The van der Waals surface area contributed by atoms with Gasteiger partial charge in [0, 0.05) is 17.3 Å². The SMILES string of the molecule is Cc1cc(C)n(C(CNS(=O)(=O)c2cc(C)c(Cl)cc2Cl)c2ccco2)n1. The summed E-state index contributed by atoms with van der Waals surface area (Å²) >= 11 is 12.1. The number of furan rings is 1. The molecule has 0 saturated heterocycles. The van der Waals surface area contributed by atoms with Crippen molar-refractivity contribution in [2.24, 2.45) is 0 Å². The summed E-state index contributed by atoms with van der Waals surface area (Å²) in [7, 11) is -3.85. The molecule has 3 aromatic rings. The molecule has 1 N–H and O–H groups in total. The summed E-state index contributed by atoms with van der Waals surface area (Å²) in [5.41, 5.74) is 2.36. The molecule has 1 aromatic carbocycles. The summed E-state index contributed by atoms with van der Waals surface area (Å²) in [4.78, 5) is -0.0161. The number of hydrogen-bond acceptors (Lipinski definition) is 4. The van der Waals surface area contributed by atoms with Gasteiger partial charge in [-0.05, 0) is 56.7 Å². The van der Waals surface area contributed by atoms with E-state index < -0.39 is 16.1 Å². The Bertz CT molecular complexity index is 1060. The van der Waals surface area contributed by atoms with Crippen LogP contribution in [-0.2, 0) is 10.0 Å². The third-order valence-electron chi connectivity index (χ3n) is 4.18. The van der Waals surface area contributed by atoms with Gasteiger partial charge >= 0.3 is 0 Å². The molecule has 27 heavy (non-hydrogen) atoms. The maximum absolute atomic E-state index is 12.8. The minimum atomic E-state index is -3.85. The van der Waals surface area contributed by atoms with Gasteiger partial charge in [-0.2, -0.15) is 5.10 Å². The Morgan fingerprint density at radius 2 is 1.93 bits per heavy atom. The molecular weight excluding hydrogens is 409 g/mol. The number of nitrogens with one attached hydrogen (secondary N) is 1. The largest absolute Gasteiger partial charge is 0.467 e. The molecule has 0 saturated carbocycles. The Morgan fingerprint density at radius 3 is 2.52 bits per heavy atom. The van der Waals surface area contributed by atoms with E-state index in [9.17, 15) is 8.42 Å². The topological polar surface area (TPSA) is 77.1 Å². The highest BCUT2D eigenvalue weighted by Crippen LogP contribution is 2.28. The number of rotatable bonds is 6. The van der Waals surface area contributed by atoms with Gasteiger partial charge in [-0.15, -0.1) is 0 Å². The molecule has 9 heteroatoms. The number of benzene rings is 1. The molecule has 0 bridgehead atoms. The Balaban J connectivity index is 1.92. The molecule has 0 aliphatic carbocycles. The van der Waals surface area contributed by atoms with Crippen LogP contribution in [0.3, 0.4) is 0 Å². The highest BCUT2D eigenvalue weighted by Gasteiger charge is 2.25. The fraction of sp³-hybridized carbons (Fsp3) is 0.278. The molecule has 144 valence electrons. The van der Waals surface area contributed by atoms with Gasteiger partial charge in [0.05, 0.1) is 17.0 Å². The maximum atomic E-state index is 12.8. The van der Waals surface area contributed by atoms with Gasteiger partial charge in [-0.25, -0.2) is 13.1 Å². The van der Waals surface area contributed by atoms with Crippen molar-refractivity contribution in [2.45, 2.75) is 31.7 Å². The van der Waals surface area contributed by atoms with Crippen LogP contribution in [0.1, 0.15) is 28.8 Å². The highest BCUT2D eigenvalue weighted by atomic mass is 35.5. The first-order chi connectivity index (χ1) is 12.7. The number of sulfonamides is 1. The lowest BCUT2D eigenvalue weighted by Gasteiger charge is -2.18. The van der Waals surface area contributed by atoms with Gasteiger partial charge in [0.2, 0.25) is 10.0 Å². The van der Waals surface area contributed by atoms with Gasteiger partial charge in [0.25, 0.3) is 0 Å². The predicted molar refractivity (Wildman–Crippen MR) is 105 cm³/mol. The van der Waals surface area contributed by atoms with Crippen molar-refractivity contribution >= 4 is 33.2 Å². The van der Waals surface area contributed by atoms with Crippen LogP contribution in [0.4, 0.5) is 0 Å². The summed E-state index contributed by atoms with van der Waals surface area (Å²) in [6.45, 7) is 5.56. The zero-order valence-corrected chi connectivity index (χ0v) is 17.4. The molecule has 1 unspecified atom stereocenters. The Hall–Kier alpha value is -1.80. The van der Waals surface area contributed by atoms with Crippen molar-refractivity contribution in [1.82, 2.24) is 14.5 Å². The molecule has 6 nitrogen and oxygen atoms in total. The van der Waals surface area contributed by atoms with E-state index in [0.29, 0.717) is 16.3 Å². The maximum Gasteiger partial charge on any atom is 0.242 e. The first kappa shape index (κ1) is 19.9. The van der Waals surface area contributed by atoms with Crippen LogP contribution < -0.4 is 4.72 Å². The van der Waals surface area contributed by atoms with E-state index in [1.807, 2.05) is 19.9 Å². The summed E-state index contributed by atoms with van der Waals surface area (Å²) in [5.74, 6) is 0.599. The third kappa shape index (κ3) is 4.21. The third-order valence-corrected chi connectivity index (χ3v) is 6.48. The van der Waals surface area contributed by atoms with Gasteiger partial charge in [-0.3, -0.25) is 4.68 Å². The Labute approximate surface area is 168 Å². The van der Waals surface area contributed by atoms with Gasteiger partial charge in [0.15, 0.2) is 0 Å². The standard InChI is InChI=1S/C18H19Cl2N3O3S/c1-11-7-18(15(20)9-14(11)19)27(24,25)21-10-16(17-5-4-6-26-17)23-13(3)8-12(2)22-23/h4-9,16,21H,10H2,1-3H3. The predicted octanol–water partition coefficient (Wildman–Crippen LogP) is 4.28. The second-order valence-corrected chi connectivity index (χ2v) is 8.84. The highest BCUT2D eigenvalue weighted by molar-refractivity contribution is 7.89. The summed E-state index contributed by atoms with van der Waals surface area (Å²) in [6, 6.07) is 7.91. The molecule has 0 aliphatic rings. The second kappa shape index (κ2) is 7.67. The van der Waals surface area contributed by atoms with Crippen LogP contribution in [0.25, 0.3) is 0 Å². The average Bonchev–Trinajstić information content (AvgIpc) is 3.21. The lowest BCUT2D eigenvalue weighted by atomic mass is 10.2. The van der Waals surface area contributed by atoms with E-state index in [4.69, 9.17) is 27.6 Å². The van der Waals surface area contributed by atoms with Crippen LogP contribution in [0.2, 0.25) is 10.0 Å². The van der Waals surface area contributed by atoms with Gasteiger partial charge in [-0.1, -0.05) is 23.2 Å². The minimum absolute atomic E-state index is 0.0161. The first-order valence-corrected chi connectivity index (χ1v) is 10.4. The van der Waals surface area contributed by atoms with E-state index in [0.717, 1.165) is 11.4 Å².